The van der Waals surface area contributed by atoms with E-state index in [1.54, 1.807) is 13.1 Å². The lowest BCUT2D eigenvalue weighted by Crippen LogP contribution is -2.12. The Balaban J connectivity index is 1.54. The number of aryl methyl sites for hydroxylation is 1. The van der Waals surface area contributed by atoms with E-state index in [2.05, 4.69) is 14.8 Å². The number of pyridine rings is 1. The summed E-state index contributed by atoms with van der Waals surface area (Å²) in [5.41, 5.74) is 3.31. The molecule has 0 saturated heterocycles. The van der Waals surface area contributed by atoms with Crippen LogP contribution in [-0.4, -0.2) is 39.1 Å². The number of hydrogen-bond acceptors (Lipinski definition) is 5. The van der Waals surface area contributed by atoms with E-state index in [-0.39, 0.29) is 23.1 Å². The minimum Gasteiger partial charge on any atom is -0.481 e. The summed E-state index contributed by atoms with van der Waals surface area (Å²) in [5.74, 6) is -1.76. The zero-order valence-electron chi connectivity index (χ0n) is 19.2. The van der Waals surface area contributed by atoms with E-state index in [1.807, 2.05) is 35.0 Å². The first-order valence-corrected chi connectivity index (χ1v) is 11.4. The number of benzene rings is 2. The largest absolute Gasteiger partial charge is 0.481 e. The van der Waals surface area contributed by atoms with Crippen molar-refractivity contribution in [3.63, 3.8) is 0 Å². The predicted molar refractivity (Wildman–Crippen MR) is 125 cm³/mol. The summed E-state index contributed by atoms with van der Waals surface area (Å²) < 4.78 is 52.9. The van der Waals surface area contributed by atoms with Crippen LogP contribution in [0.25, 0.3) is 16.6 Å². The van der Waals surface area contributed by atoms with Crippen molar-refractivity contribution >= 4 is 16.9 Å². The van der Waals surface area contributed by atoms with Crippen molar-refractivity contribution in [2.45, 2.75) is 38.7 Å². The Hall–Kier alpha value is -4.08. The van der Waals surface area contributed by atoms with Gasteiger partial charge in [0.25, 0.3) is 0 Å². The highest BCUT2D eigenvalue weighted by molar-refractivity contribution is 5.91. The summed E-state index contributed by atoms with van der Waals surface area (Å²) >= 11 is 0. The van der Waals surface area contributed by atoms with Gasteiger partial charge in [-0.15, -0.1) is 0 Å². The van der Waals surface area contributed by atoms with Crippen LogP contribution in [0, 0.1) is 12.7 Å². The first-order valence-electron chi connectivity index (χ1n) is 11.4. The molecular weight excluding hydrogens is 475 g/mol. The molecule has 10 heteroatoms. The highest BCUT2D eigenvalue weighted by Gasteiger charge is 2.27. The van der Waals surface area contributed by atoms with Gasteiger partial charge in [-0.25, -0.2) is 18.9 Å². The zero-order valence-corrected chi connectivity index (χ0v) is 19.2. The number of carboxylic acids is 1. The molecule has 36 heavy (non-hydrogen) atoms. The summed E-state index contributed by atoms with van der Waals surface area (Å²) in [6.07, 6.45) is 4.22. The van der Waals surface area contributed by atoms with Crippen LogP contribution in [0.1, 0.15) is 41.1 Å². The number of aliphatic carboxylic acids is 1. The highest BCUT2D eigenvalue weighted by Crippen LogP contribution is 2.41. The first-order chi connectivity index (χ1) is 17.3. The Morgan fingerprint density at radius 3 is 2.58 bits per heavy atom. The monoisotopic (exact) mass is 497 g/mol. The van der Waals surface area contributed by atoms with E-state index >= 15 is 0 Å². The fraction of sp³-hybridized carbons (Fsp3) is 0.269. The van der Waals surface area contributed by atoms with Crippen molar-refractivity contribution in [2.24, 2.45) is 0 Å². The molecule has 1 aliphatic carbocycles. The molecule has 0 aliphatic heterocycles. The molecule has 0 radical (unpaired) electrons. The number of ether oxygens (including phenoxy) is 2. The molecule has 1 aliphatic rings. The number of hydrogen-bond donors (Lipinski definition) is 1. The maximum atomic E-state index is 14.6. The van der Waals surface area contributed by atoms with Crippen LogP contribution in [0.3, 0.4) is 0 Å². The number of halogens is 3. The van der Waals surface area contributed by atoms with Crippen LogP contribution in [0.15, 0.2) is 48.7 Å². The lowest BCUT2D eigenvalue weighted by atomic mass is 9.97. The smallest absolute Gasteiger partial charge is 0.388 e. The van der Waals surface area contributed by atoms with E-state index in [4.69, 9.17) is 9.84 Å². The van der Waals surface area contributed by atoms with Crippen LogP contribution in [-0.2, 0) is 11.2 Å². The Bertz CT molecular complexity index is 1430. The Labute approximate surface area is 204 Å². The second kappa shape index (κ2) is 9.52. The minimum absolute atomic E-state index is 0.0882. The second-order valence-corrected chi connectivity index (χ2v) is 8.64. The summed E-state index contributed by atoms with van der Waals surface area (Å²) in [6, 6.07) is 11.9. The van der Waals surface area contributed by atoms with Crippen LogP contribution in [0.4, 0.5) is 13.2 Å². The highest BCUT2D eigenvalue weighted by atomic mass is 19.3. The van der Waals surface area contributed by atoms with Gasteiger partial charge in [0.2, 0.25) is 5.88 Å². The van der Waals surface area contributed by atoms with Gasteiger partial charge in [0.15, 0.2) is 6.61 Å². The van der Waals surface area contributed by atoms with Gasteiger partial charge in [-0.3, -0.25) is 0 Å². The minimum atomic E-state index is -3.16. The van der Waals surface area contributed by atoms with Crippen LogP contribution >= 0.6 is 0 Å². The molecule has 1 fully saturated rings. The SMILES string of the molecule is Cc1c(Cc2ccc(-n3nccc3C3CC3)cc2)c(OC(F)F)nc2c(F)ccc(OCC(=O)O)c12. The van der Waals surface area contributed by atoms with Crippen molar-refractivity contribution in [1.82, 2.24) is 14.8 Å². The molecule has 0 unspecified atom stereocenters. The molecular formula is C26H22F3N3O4. The fourth-order valence-electron chi connectivity index (χ4n) is 4.33. The molecule has 0 amide bonds. The summed E-state index contributed by atoms with van der Waals surface area (Å²) in [6.45, 7) is -2.20. The number of carbonyl (C=O) groups is 1. The molecule has 4 aromatic rings. The molecule has 186 valence electrons. The third-order valence-electron chi connectivity index (χ3n) is 6.17. The molecule has 0 bridgehead atoms. The van der Waals surface area contributed by atoms with Crippen molar-refractivity contribution in [1.29, 1.82) is 0 Å². The van der Waals surface area contributed by atoms with Crippen molar-refractivity contribution in [2.75, 3.05) is 6.61 Å². The van der Waals surface area contributed by atoms with Crippen molar-refractivity contribution in [3.8, 4) is 17.3 Å². The van der Waals surface area contributed by atoms with E-state index in [9.17, 15) is 18.0 Å². The van der Waals surface area contributed by atoms with Gasteiger partial charge >= 0.3 is 12.6 Å². The normalized spacial score (nSPS) is 13.4. The van der Waals surface area contributed by atoms with Gasteiger partial charge in [-0.05, 0) is 61.2 Å². The van der Waals surface area contributed by atoms with E-state index in [0.717, 1.165) is 35.9 Å². The predicted octanol–water partition coefficient (Wildman–Crippen LogP) is 5.40. The summed E-state index contributed by atoms with van der Waals surface area (Å²) in [5, 5.41) is 13.6. The number of rotatable bonds is 9. The summed E-state index contributed by atoms with van der Waals surface area (Å²) in [7, 11) is 0. The van der Waals surface area contributed by atoms with Gasteiger partial charge in [0.1, 0.15) is 17.1 Å². The molecule has 2 aromatic carbocycles. The first kappa shape index (κ1) is 23.7. The molecule has 2 aromatic heterocycles. The Kier molecular flexibility index (Phi) is 6.26. The van der Waals surface area contributed by atoms with Gasteiger partial charge in [0.05, 0.1) is 5.69 Å². The van der Waals surface area contributed by atoms with Crippen LogP contribution in [0.2, 0.25) is 0 Å². The third-order valence-corrected chi connectivity index (χ3v) is 6.17. The molecule has 7 nitrogen and oxygen atoms in total. The molecule has 5 rings (SSSR count). The average molecular weight is 497 g/mol. The van der Waals surface area contributed by atoms with Crippen LogP contribution in [0.5, 0.6) is 11.6 Å². The average Bonchev–Trinajstić information content (AvgIpc) is 3.57. The van der Waals surface area contributed by atoms with Gasteiger partial charge < -0.3 is 14.6 Å². The molecule has 1 N–H and O–H groups in total. The zero-order chi connectivity index (χ0) is 25.4. The molecule has 0 atom stereocenters. The Morgan fingerprint density at radius 2 is 1.92 bits per heavy atom. The van der Waals surface area contributed by atoms with E-state index < -0.39 is 30.9 Å². The van der Waals surface area contributed by atoms with Crippen LogP contribution < -0.4 is 9.47 Å². The number of nitrogens with zero attached hydrogens (tertiary/aromatic N) is 3. The fourth-order valence-corrected chi connectivity index (χ4v) is 4.33. The number of carboxylic acid groups (broad SMARTS) is 1. The molecule has 2 heterocycles. The van der Waals surface area contributed by atoms with E-state index in [0.29, 0.717) is 17.0 Å². The van der Waals surface area contributed by atoms with Gasteiger partial charge in [-0.1, -0.05) is 12.1 Å². The lowest BCUT2D eigenvalue weighted by Gasteiger charge is -2.17. The second-order valence-electron chi connectivity index (χ2n) is 8.64. The topological polar surface area (TPSA) is 86.5 Å². The number of alkyl halides is 2. The maximum absolute atomic E-state index is 14.6. The van der Waals surface area contributed by atoms with Crippen molar-refractivity contribution < 1.29 is 32.5 Å². The molecule has 0 spiro atoms. The maximum Gasteiger partial charge on any atom is 0.388 e. The van der Waals surface area contributed by atoms with E-state index in [1.165, 1.54) is 6.07 Å². The number of aromatic nitrogens is 3. The van der Waals surface area contributed by atoms with Crippen molar-refractivity contribution in [3.05, 3.63) is 76.9 Å². The molecule has 1 saturated carbocycles. The summed E-state index contributed by atoms with van der Waals surface area (Å²) in [4.78, 5) is 15.0. The standard InChI is InChI=1S/C26H22F3N3O4/c1-14-18(12-15-2-6-17(7-3-15)32-20(10-11-30-32)16-4-5-16)25(36-26(28)29)31-24-19(27)8-9-21(23(14)24)35-13-22(33)34/h2-3,6-11,16,26H,4-5,12-13H2,1H3,(H,33,34). The lowest BCUT2D eigenvalue weighted by molar-refractivity contribution is -0.139. The third kappa shape index (κ3) is 4.71. The number of fused-ring (bicyclic) bond motifs is 1. The van der Waals surface area contributed by atoms with Gasteiger partial charge in [0, 0.05) is 35.2 Å². The quantitative estimate of drug-likeness (QED) is 0.333. The Morgan fingerprint density at radius 1 is 1.17 bits per heavy atom. The van der Waals surface area contributed by atoms with Gasteiger partial charge in [-0.2, -0.15) is 13.9 Å².